The fourth-order valence-corrected chi connectivity index (χ4v) is 3.02. The van der Waals surface area contributed by atoms with Gasteiger partial charge in [-0.15, -0.1) is 0 Å². The molecule has 5 heteroatoms. The van der Waals surface area contributed by atoms with E-state index < -0.39 is 11.7 Å². The van der Waals surface area contributed by atoms with Gasteiger partial charge < -0.3 is 10.6 Å². The van der Waals surface area contributed by atoms with E-state index in [1.165, 1.54) is 12.1 Å². The van der Waals surface area contributed by atoms with Crippen LogP contribution in [0.2, 0.25) is 0 Å². The Kier molecular flexibility index (Phi) is 3.27. The van der Waals surface area contributed by atoms with Crippen molar-refractivity contribution in [1.29, 1.82) is 0 Å². The highest BCUT2D eigenvalue weighted by molar-refractivity contribution is 6.24. The molecule has 0 aromatic heterocycles. The Labute approximate surface area is 137 Å². The molecule has 2 N–H and O–H groups in total. The van der Waals surface area contributed by atoms with Crippen molar-refractivity contribution in [3.8, 4) is 0 Å². The molecule has 4 nitrogen and oxygen atoms in total. The third-order valence-electron chi connectivity index (χ3n) is 4.18. The van der Waals surface area contributed by atoms with E-state index in [0.717, 1.165) is 22.0 Å². The summed E-state index contributed by atoms with van der Waals surface area (Å²) in [5.41, 5.74) is 2.29. The second-order valence-corrected chi connectivity index (χ2v) is 5.62. The van der Waals surface area contributed by atoms with Gasteiger partial charge in [0.1, 0.15) is 5.82 Å². The molecule has 118 valence electrons. The Hall–Kier alpha value is -3.21. The lowest BCUT2D eigenvalue weighted by molar-refractivity contribution is 0.0946. The number of rotatable bonds is 3. The monoisotopic (exact) mass is 320 g/mol. The van der Waals surface area contributed by atoms with Crippen molar-refractivity contribution in [2.24, 2.45) is 0 Å². The van der Waals surface area contributed by atoms with E-state index in [1.807, 2.05) is 24.3 Å². The number of nitrogens with one attached hydrogen (secondary N) is 2. The zero-order valence-corrected chi connectivity index (χ0v) is 12.6. The molecule has 3 aromatic carbocycles. The van der Waals surface area contributed by atoms with Crippen LogP contribution in [0.4, 0.5) is 10.1 Å². The van der Waals surface area contributed by atoms with Gasteiger partial charge in [-0.25, -0.2) is 4.39 Å². The predicted molar refractivity (Wildman–Crippen MR) is 89.5 cm³/mol. The fraction of sp³-hybridized carbons (Fsp3) is 0.0526. The lowest BCUT2D eigenvalue weighted by Crippen LogP contribution is -2.23. The number of benzene rings is 3. The summed E-state index contributed by atoms with van der Waals surface area (Å²) in [6.07, 6.45) is 0. The van der Waals surface area contributed by atoms with Gasteiger partial charge >= 0.3 is 0 Å². The molecule has 0 saturated carbocycles. The first-order chi connectivity index (χ1) is 11.6. The largest absolute Gasteiger partial charge is 0.348 e. The van der Waals surface area contributed by atoms with Crippen molar-refractivity contribution in [2.45, 2.75) is 6.54 Å². The van der Waals surface area contributed by atoms with E-state index in [9.17, 15) is 14.0 Å². The molecule has 1 aliphatic heterocycles. The Balaban J connectivity index is 1.65. The van der Waals surface area contributed by atoms with Crippen LogP contribution in [-0.4, -0.2) is 11.8 Å². The average molecular weight is 320 g/mol. The number of halogens is 1. The molecule has 0 atom stereocenters. The molecular formula is C19H13FN2O2. The first-order valence-corrected chi connectivity index (χ1v) is 7.54. The van der Waals surface area contributed by atoms with Crippen molar-refractivity contribution in [3.05, 3.63) is 77.1 Å². The number of anilines is 1. The summed E-state index contributed by atoms with van der Waals surface area (Å²) in [5.74, 6) is -1.14. The molecule has 4 rings (SSSR count). The number of hydrogen-bond donors (Lipinski definition) is 2. The summed E-state index contributed by atoms with van der Waals surface area (Å²) < 4.78 is 13.7. The summed E-state index contributed by atoms with van der Waals surface area (Å²) in [7, 11) is 0. The number of carbonyl (C=O) groups is 2. The maximum Gasteiger partial charge on any atom is 0.256 e. The molecule has 2 amide bonds. The van der Waals surface area contributed by atoms with E-state index in [4.69, 9.17) is 0 Å². The lowest BCUT2D eigenvalue weighted by Gasteiger charge is -2.10. The van der Waals surface area contributed by atoms with E-state index in [2.05, 4.69) is 10.6 Å². The van der Waals surface area contributed by atoms with Crippen LogP contribution in [0.25, 0.3) is 10.8 Å². The maximum atomic E-state index is 13.7. The third kappa shape index (κ3) is 2.22. The molecule has 1 heterocycles. The zero-order chi connectivity index (χ0) is 16.7. The molecule has 0 radical (unpaired) electrons. The fourth-order valence-electron chi connectivity index (χ4n) is 3.02. The third-order valence-corrected chi connectivity index (χ3v) is 4.18. The minimum Gasteiger partial charge on any atom is -0.348 e. The van der Waals surface area contributed by atoms with Gasteiger partial charge in [0.25, 0.3) is 11.8 Å². The molecule has 1 aliphatic rings. The van der Waals surface area contributed by atoms with Crippen molar-refractivity contribution < 1.29 is 14.0 Å². The summed E-state index contributed by atoms with van der Waals surface area (Å²) >= 11 is 0. The number of hydrogen-bond acceptors (Lipinski definition) is 2. The molecule has 0 spiro atoms. The smallest absolute Gasteiger partial charge is 0.256 e. The van der Waals surface area contributed by atoms with Crippen LogP contribution in [-0.2, 0) is 6.54 Å². The lowest BCUT2D eigenvalue weighted by atomic mass is 10.0. The van der Waals surface area contributed by atoms with Gasteiger partial charge in [0.2, 0.25) is 0 Å². The van der Waals surface area contributed by atoms with Crippen molar-refractivity contribution in [2.75, 3.05) is 5.32 Å². The second-order valence-electron chi connectivity index (χ2n) is 5.62. The minimum absolute atomic E-state index is 0.0141. The molecule has 0 fully saturated rings. The van der Waals surface area contributed by atoms with Gasteiger partial charge in [0, 0.05) is 23.2 Å². The quantitative estimate of drug-likeness (QED) is 0.776. The number of amides is 2. The molecule has 24 heavy (non-hydrogen) atoms. The highest BCUT2D eigenvalue weighted by Crippen LogP contribution is 2.34. The van der Waals surface area contributed by atoms with Crippen LogP contribution < -0.4 is 10.6 Å². The van der Waals surface area contributed by atoms with Gasteiger partial charge in [-0.2, -0.15) is 0 Å². The average Bonchev–Trinajstić information content (AvgIpc) is 2.92. The van der Waals surface area contributed by atoms with Gasteiger partial charge in [0.15, 0.2) is 0 Å². The normalized spacial score (nSPS) is 12.3. The molecule has 0 saturated heterocycles. The topological polar surface area (TPSA) is 58.2 Å². The Morgan fingerprint density at radius 3 is 2.71 bits per heavy atom. The van der Waals surface area contributed by atoms with Gasteiger partial charge in [-0.3, -0.25) is 9.59 Å². The molecule has 0 aliphatic carbocycles. The molecular weight excluding hydrogens is 307 g/mol. The molecule has 0 bridgehead atoms. The highest BCUT2D eigenvalue weighted by atomic mass is 19.1. The molecule has 0 unspecified atom stereocenters. The van der Waals surface area contributed by atoms with Crippen molar-refractivity contribution >= 4 is 28.3 Å². The van der Waals surface area contributed by atoms with Crippen LogP contribution in [0.1, 0.15) is 26.3 Å². The minimum atomic E-state index is -0.551. The first-order valence-electron chi connectivity index (χ1n) is 7.54. The Bertz CT molecular complexity index is 998. The summed E-state index contributed by atoms with van der Waals surface area (Å²) in [5, 5.41) is 7.32. The SMILES string of the molecule is O=C(NCc1ccc2c3c(cccc13)C(=O)N2)c1ccccc1F. The molecule has 3 aromatic rings. The van der Waals surface area contributed by atoms with Crippen LogP contribution in [0, 0.1) is 5.82 Å². The summed E-state index contributed by atoms with van der Waals surface area (Å²) in [4.78, 5) is 24.1. The second kappa shape index (κ2) is 5.45. The Morgan fingerprint density at radius 1 is 1.04 bits per heavy atom. The Morgan fingerprint density at radius 2 is 1.88 bits per heavy atom. The zero-order valence-electron chi connectivity index (χ0n) is 12.6. The van der Waals surface area contributed by atoms with Gasteiger partial charge in [-0.1, -0.05) is 30.3 Å². The predicted octanol–water partition coefficient (Wildman–Crippen LogP) is 3.47. The number of carbonyl (C=O) groups excluding carboxylic acids is 2. The van der Waals surface area contributed by atoms with Crippen LogP contribution >= 0.6 is 0 Å². The van der Waals surface area contributed by atoms with Crippen LogP contribution in [0.15, 0.2) is 54.6 Å². The first kappa shape index (κ1) is 14.4. The van der Waals surface area contributed by atoms with Crippen LogP contribution in [0.3, 0.4) is 0 Å². The van der Waals surface area contributed by atoms with Crippen LogP contribution in [0.5, 0.6) is 0 Å². The van der Waals surface area contributed by atoms with E-state index >= 15 is 0 Å². The van der Waals surface area contributed by atoms with Crippen molar-refractivity contribution in [1.82, 2.24) is 5.32 Å². The van der Waals surface area contributed by atoms with Gasteiger partial charge in [0.05, 0.1) is 5.56 Å². The summed E-state index contributed by atoms with van der Waals surface area (Å²) in [6.45, 7) is 0.252. The standard InChI is InChI=1S/C19H13FN2O2/c20-15-7-2-1-4-13(15)18(23)21-10-11-8-9-16-17-12(11)5-3-6-14(17)19(24)22-16/h1-9H,10H2,(H,21,23)(H,22,24). The van der Waals surface area contributed by atoms with Crippen molar-refractivity contribution in [3.63, 3.8) is 0 Å². The van der Waals surface area contributed by atoms with Gasteiger partial charge in [-0.05, 0) is 35.2 Å². The maximum absolute atomic E-state index is 13.7. The highest BCUT2D eigenvalue weighted by Gasteiger charge is 2.22. The van der Waals surface area contributed by atoms with E-state index in [0.29, 0.717) is 5.56 Å². The van der Waals surface area contributed by atoms with E-state index in [1.54, 1.807) is 18.2 Å². The summed E-state index contributed by atoms with van der Waals surface area (Å²) in [6, 6.07) is 15.0. The van der Waals surface area contributed by atoms with E-state index in [-0.39, 0.29) is 18.0 Å².